The van der Waals surface area contributed by atoms with Gasteiger partial charge in [0.05, 0.1) is 0 Å². The number of carbonyl (C=O) groups excluding carboxylic acids is 1. The van der Waals surface area contributed by atoms with Crippen LogP contribution in [0.3, 0.4) is 0 Å². The van der Waals surface area contributed by atoms with Crippen molar-refractivity contribution in [1.29, 1.82) is 0 Å². The molecule has 4 N–H and O–H groups in total. The number of carboxylic acids is 1. The largest absolute Gasteiger partial charge is 0.480 e. The molecule has 1 amide bonds. The van der Waals surface area contributed by atoms with Gasteiger partial charge in [0.2, 0.25) is 0 Å². The van der Waals surface area contributed by atoms with Crippen LogP contribution in [0.5, 0.6) is 0 Å². The number of allylic oxidation sites excluding steroid dienone is 1. The van der Waals surface area contributed by atoms with Gasteiger partial charge in [0.1, 0.15) is 6.04 Å². The van der Waals surface area contributed by atoms with Crippen LogP contribution in [0, 0.1) is 0 Å². The molecule has 0 spiro atoms. The number of amides is 1. The van der Waals surface area contributed by atoms with E-state index in [1.165, 1.54) is 11.3 Å². The number of thiophene rings is 1. The van der Waals surface area contributed by atoms with E-state index >= 15 is 0 Å². The lowest BCUT2D eigenvalue weighted by molar-refractivity contribution is -0.139. The molecule has 1 unspecified atom stereocenters. The van der Waals surface area contributed by atoms with Crippen LogP contribution >= 0.6 is 35.7 Å². The Morgan fingerprint density at radius 3 is 2.79 bits per heavy atom. The molecule has 1 aromatic heterocycles. The zero-order valence-corrected chi connectivity index (χ0v) is 18.7. The average Bonchev–Trinajstić information content (AvgIpc) is 3.25. The fraction of sp³-hybridized carbons (Fsp3) is 0.333. The first-order valence-corrected chi connectivity index (χ1v) is 12.1. The molecule has 0 bridgehead atoms. The van der Waals surface area contributed by atoms with Crippen LogP contribution in [-0.4, -0.2) is 46.8 Å². The number of thioether (sulfide) groups is 1. The summed E-state index contributed by atoms with van der Waals surface area (Å²) in [5, 5.41) is 14.1. The van der Waals surface area contributed by atoms with Crippen molar-refractivity contribution in [2.75, 3.05) is 17.8 Å². The third kappa shape index (κ3) is 7.22. The maximum atomic E-state index is 13.0. The van der Waals surface area contributed by atoms with E-state index in [1.54, 1.807) is 11.8 Å². The standard InChI is InChI=1S/C21H26N2O3S3/c1-28-11-9-18(21(25)26)23-20(24)17-12-14(4-2-5-15(22)13-27)7-8-16(17)19-6-3-10-29-19/h2-3,5-8,10,12,15,18,27H,4,9,11,13,22H2,1H3,(H,23,24)(H,25,26)/b5-2+/t15?,18-/m0/s1. The van der Waals surface area contributed by atoms with E-state index in [2.05, 4.69) is 17.9 Å². The number of carboxylic acid groups (broad SMARTS) is 1. The highest BCUT2D eigenvalue weighted by Crippen LogP contribution is 2.29. The molecule has 0 aliphatic carbocycles. The lowest BCUT2D eigenvalue weighted by Gasteiger charge is -2.16. The molecule has 0 saturated carbocycles. The number of benzene rings is 1. The summed E-state index contributed by atoms with van der Waals surface area (Å²) in [5.41, 5.74) is 8.07. The van der Waals surface area contributed by atoms with Gasteiger partial charge in [-0.15, -0.1) is 11.3 Å². The normalized spacial score (nSPS) is 13.3. The van der Waals surface area contributed by atoms with Crippen LogP contribution in [0.1, 0.15) is 22.3 Å². The summed E-state index contributed by atoms with van der Waals surface area (Å²) in [6, 6.07) is 8.57. The Morgan fingerprint density at radius 2 is 2.17 bits per heavy atom. The molecule has 0 saturated heterocycles. The van der Waals surface area contributed by atoms with Crippen LogP contribution in [-0.2, 0) is 11.2 Å². The number of hydrogen-bond donors (Lipinski definition) is 4. The van der Waals surface area contributed by atoms with Crippen molar-refractivity contribution >= 4 is 47.6 Å². The van der Waals surface area contributed by atoms with E-state index in [9.17, 15) is 14.7 Å². The number of nitrogens with one attached hydrogen (secondary N) is 1. The molecule has 5 nitrogen and oxygen atoms in total. The number of hydrogen-bond acceptors (Lipinski definition) is 6. The van der Waals surface area contributed by atoms with Gasteiger partial charge in [-0.05, 0) is 47.9 Å². The molecular formula is C21H26N2O3S3. The zero-order valence-electron chi connectivity index (χ0n) is 16.2. The van der Waals surface area contributed by atoms with Crippen molar-refractivity contribution in [1.82, 2.24) is 5.32 Å². The first-order valence-electron chi connectivity index (χ1n) is 9.18. The van der Waals surface area contributed by atoms with Crippen molar-refractivity contribution in [3.8, 4) is 10.4 Å². The first-order chi connectivity index (χ1) is 14.0. The Labute approximate surface area is 185 Å². The Morgan fingerprint density at radius 1 is 1.38 bits per heavy atom. The van der Waals surface area contributed by atoms with Crippen LogP contribution in [0.4, 0.5) is 0 Å². The predicted molar refractivity (Wildman–Crippen MR) is 126 cm³/mol. The molecule has 2 atom stereocenters. The summed E-state index contributed by atoms with van der Waals surface area (Å²) in [6.07, 6.45) is 6.76. The summed E-state index contributed by atoms with van der Waals surface area (Å²) in [6.45, 7) is 0. The second-order valence-electron chi connectivity index (χ2n) is 6.48. The summed E-state index contributed by atoms with van der Waals surface area (Å²) < 4.78 is 0. The zero-order chi connectivity index (χ0) is 21.2. The van der Waals surface area contributed by atoms with Gasteiger partial charge in [-0.25, -0.2) is 4.79 Å². The lowest BCUT2D eigenvalue weighted by Crippen LogP contribution is -2.41. The first kappa shape index (κ1) is 23.5. The topological polar surface area (TPSA) is 92.4 Å². The average molecular weight is 451 g/mol. The quantitative estimate of drug-likeness (QED) is 0.309. The fourth-order valence-corrected chi connectivity index (χ4v) is 4.08. The minimum absolute atomic E-state index is 0.112. The van der Waals surface area contributed by atoms with E-state index in [-0.39, 0.29) is 11.9 Å². The maximum absolute atomic E-state index is 13.0. The molecule has 0 fully saturated rings. The summed E-state index contributed by atoms with van der Waals surface area (Å²) in [5.74, 6) is -0.177. The van der Waals surface area contributed by atoms with Crippen molar-refractivity contribution in [3.05, 3.63) is 59.0 Å². The van der Waals surface area contributed by atoms with Gasteiger partial charge in [0.25, 0.3) is 5.91 Å². The van der Waals surface area contributed by atoms with Gasteiger partial charge in [-0.1, -0.05) is 30.4 Å². The van der Waals surface area contributed by atoms with Gasteiger partial charge in [-0.2, -0.15) is 24.4 Å². The molecule has 1 aromatic carbocycles. The highest BCUT2D eigenvalue weighted by molar-refractivity contribution is 7.98. The summed E-state index contributed by atoms with van der Waals surface area (Å²) >= 11 is 7.25. The smallest absolute Gasteiger partial charge is 0.326 e. The molecule has 0 aliphatic heterocycles. The Balaban J connectivity index is 2.29. The van der Waals surface area contributed by atoms with Crippen molar-refractivity contribution in [2.24, 2.45) is 5.73 Å². The van der Waals surface area contributed by atoms with Crippen molar-refractivity contribution in [3.63, 3.8) is 0 Å². The second kappa shape index (κ2) is 12.1. The second-order valence-corrected chi connectivity index (χ2v) is 8.78. The van der Waals surface area contributed by atoms with Crippen molar-refractivity contribution in [2.45, 2.75) is 24.9 Å². The number of aliphatic carboxylic acids is 1. The molecule has 1 heterocycles. The van der Waals surface area contributed by atoms with Crippen LogP contribution in [0.2, 0.25) is 0 Å². The summed E-state index contributed by atoms with van der Waals surface area (Å²) in [4.78, 5) is 25.5. The molecule has 2 rings (SSSR count). The van der Waals surface area contributed by atoms with Gasteiger partial charge in [0, 0.05) is 27.8 Å². The third-order valence-corrected chi connectivity index (χ3v) is 6.25. The van der Waals surface area contributed by atoms with Crippen molar-refractivity contribution < 1.29 is 14.7 Å². The fourth-order valence-electron chi connectivity index (χ4n) is 2.72. The highest BCUT2D eigenvalue weighted by atomic mass is 32.2. The molecule has 2 aromatic rings. The summed E-state index contributed by atoms with van der Waals surface area (Å²) in [7, 11) is 0. The van der Waals surface area contributed by atoms with Crippen LogP contribution < -0.4 is 11.1 Å². The SMILES string of the molecule is CSCC[C@H](NC(=O)c1cc(C/C=C/C(N)CS)ccc1-c1cccs1)C(=O)O. The minimum Gasteiger partial charge on any atom is -0.480 e. The predicted octanol–water partition coefficient (Wildman–Crippen LogP) is 3.71. The molecule has 0 aliphatic rings. The van der Waals surface area contributed by atoms with Crippen LogP contribution in [0.25, 0.3) is 10.4 Å². The monoisotopic (exact) mass is 450 g/mol. The maximum Gasteiger partial charge on any atom is 0.326 e. The Bertz CT molecular complexity index is 838. The molecule has 29 heavy (non-hydrogen) atoms. The molecule has 156 valence electrons. The molecular weight excluding hydrogens is 424 g/mol. The van der Waals surface area contributed by atoms with Gasteiger partial charge in [-0.3, -0.25) is 4.79 Å². The van der Waals surface area contributed by atoms with Crippen LogP contribution in [0.15, 0.2) is 47.9 Å². The highest BCUT2D eigenvalue weighted by Gasteiger charge is 2.22. The van der Waals surface area contributed by atoms with E-state index in [0.29, 0.717) is 29.9 Å². The van der Waals surface area contributed by atoms with Gasteiger partial charge >= 0.3 is 5.97 Å². The number of carbonyl (C=O) groups is 2. The van der Waals surface area contributed by atoms with E-state index in [0.717, 1.165) is 16.0 Å². The van der Waals surface area contributed by atoms with E-state index in [1.807, 2.05) is 54.1 Å². The van der Waals surface area contributed by atoms with E-state index < -0.39 is 12.0 Å². The van der Waals surface area contributed by atoms with Gasteiger partial charge in [0.15, 0.2) is 0 Å². The number of nitrogens with two attached hydrogens (primary N) is 1. The van der Waals surface area contributed by atoms with E-state index in [4.69, 9.17) is 5.73 Å². The van der Waals surface area contributed by atoms with Gasteiger partial charge < -0.3 is 16.2 Å². The number of rotatable bonds is 11. The Kier molecular flexibility index (Phi) is 9.80. The lowest BCUT2D eigenvalue weighted by atomic mass is 9.99. The third-order valence-electron chi connectivity index (χ3n) is 4.28. The molecule has 0 radical (unpaired) electrons. The number of thiol groups is 1. The Hall–Kier alpha value is -1.74. The minimum atomic E-state index is -1.02. The molecule has 8 heteroatoms.